The summed E-state index contributed by atoms with van der Waals surface area (Å²) in [5.41, 5.74) is 1.11. The first kappa shape index (κ1) is 18.0. The summed E-state index contributed by atoms with van der Waals surface area (Å²) in [4.78, 5) is 23.8. The van der Waals surface area contributed by atoms with E-state index >= 15 is 0 Å². The van der Waals surface area contributed by atoms with Gasteiger partial charge in [0.15, 0.2) is 0 Å². The van der Waals surface area contributed by atoms with Gasteiger partial charge in [0, 0.05) is 25.2 Å². The molecule has 1 heterocycles. The maximum absolute atomic E-state index is 12.1. The average molecular weight is 349 g/mol. The van der Waals surface area contributed by atoms with Gasteiger partial charge in [0.25, 0.3) is 5.91 Å². The zero-order chi connectivity index (χ0) is 17.5. The van der Waals surface area contributed by atoms with Crippen molar-refractivity contribution in [3.8, 4) is 5.69 Å². The number of carbonyl (C=O) groups excluding carboxylic acids is 2. The van der Waals surface area contributed by atoms with Crippen molar-refractivity contribution in [3.05, 3.63) is 47.2 Å². The average Bonchev–Trinajstić information content (AvgIpc) is 3.04. The SMILES string of the molecule is CC[C@H](C)NC(=O)CCNC(=O)c1cnn(-c2ccccc2Cl)c1. The van der Waals surface area contributed by atoms with Gasteiger partial charge in [-0.2, -0.15) is 5.10 Å². The molecule has 0 aliphatic carbocycles. The summed E-state index contributed by atoms with van der Waals surface area (Å²) in [5.74, 6) is -0.346. The second-order valence-corrected chi connectivity index (χ2v) is 5.91. The molecule has 1 aromatic heterocycles. The zero-order valence-corrected chi connectivity index (χ0v) is 14.5. The van der Waals surface area contributed by atoms with E-state index in [1.54, 1.807) is 16.9 Å². The molecule has 7 heteroatoms. The molecule has 128 valence electrons. The summed E-state index contributed by atoms with van der Waals surface area (Å²) < 4.78 is 1.55. The number of aromatic nitrogens is 2. The van der Waals surface area contributed by atoms with Gasteiger partial charge in [-0.25, -0.2) is 4.68 Å². The Morgan fingerprint density at radius 3 is 2.79 bits per heavy atom. The molecule has 6 nitrogen and oxygen atoms in total. The number of halogens is 1. The minimum atomic E-state index is -0.273. The Balaban J connectivity index is 1.88. The number of hydrogen-bond donors (Lipinski definition) is 2. The fraction of sp³-hybridized carbons (Fsp3) is 0.353. The first-order valence-electron chi connectivity index (χ1n) is 7.88. The molecule has 2 aromatic rings. The Labute approximate surface area is 146 Å². The van der Waals surface area contributed by atoms with Gasteiger partial charge in [0.2, 0.25) is 5.91 Å². The van der Waals surface area contributed by atoms with Gasteiger partial charge in [0.1, 0.15) is 0 Å². The summed E-state index contributed by atoms with van der Waals surface area (Å²) in [6.07, 6.45) is 4.20. The molecule has 0 spiro atoms. The van der Waals surface area contributed by atoms with Crippen LogP contribution in [0.1, 0.15) is 37.0 Å². The fourth-order valence-electron chi connectivity index (χ4n) is 2.05. The molecule has 0 saturated carbocycles. The third-order valence-corrected chi connectivity index (χ3v) is 3.92. The molecule has 2 amide bonds. The molecule has 2 N–H and O–H groups in total. The van der Waals surface area contributed by atoms with Crippen molar-refractivity contribution in [1.82, 2.24) is 20.4 Å². The normalized spacial score (nSPS) is 11.8. The van der Waals surface area contributed by atoms with Crippen molar-refractivity contribution >= 4 is 23.4 Å². The highest BCUT2D eigenvalue weighted by Crippen LogP contribution is 2.19. The molecule has 24 heavy (non-hydrogen) atoms. The molecule has 0 unspecified atom stereocenters. The van der Waals surface area contributed by atoms with Crippen molar-refractivity contribution in [2.75, 3.05) is 6.54 Å². The first-order valence-corrected chi connectivity index (χ1v) is 8.26. The first-order chi connectivity index (χ1) is 11.5. The monoisotopic (exact) mass is 348 g/mol. The second kappa shape index (κ2) is 8.49. The summed E-state index contributed by atoms with van der Waals surface area (Å²) in [7, 11) is 0. The summed E-state index contributed by atoms with van der Waals surface area (Å²) in [6, 6.07) is 7.39. The topological polar surface area (TPSA) is 76.0 Å². The predicted octanol–water partition coefficient (Wildman–Crippen LogP) is 2.56. The molecule has 1 atom stereocenters. The number of rotatable bonds is 7. The van der Waals surface area contributed by atoms with Gasteiger partial charge >= 0.3 is 0 Å². The zero-order valence-electron chi connectivity index (χ0n) is 13.8. The molecule has 0 aliphatic rings. The van der Waals surface area contributed by atoms with Crippen LogP contribution in [-0.2, 0) is 4.79 Å². The molecule has 2 rings (SSSR count). The standard InChI is InChI=1S/C17H21ClN4O2/c1-3-12(2)21-16(23)8-9-19-17(24)13-10-20-22(11-13)15-7-5-4-6-14(15)18/h4-7,10-12H,3,8-9H2,1-2H3,(H,19,24)(H,21,23)/t12-/m0/s1. The second-order valence-electron chi connectivity index (χ2n) is 5.51. The van der Waals surface area contributed by atoms with Crippen LogP contribution in [-0.4, -0.2) is 34.2 Å². The van der Waals surface area contributed by atoms with Crippen LogP contribution in [0, 0.1) is 0 Å². The van der Waals surface area contributed by atoms with Crippen molar-refractivity contribution in [1.29, 1.82) is 0 Å². The molecule has 0 bridgehead atoms. The van der Waals surface area contributed by atoms with Crippen LogP contribution in [0.5, 0.6) is 0 Å². The van der Waals surface area contributed by atoms with Crippen LogP contribution in [0.25, 0.3) is 5.69 Å². The molecule has 0 radical (unpaired) electrons. The fourth-order valence-corrected chi connectivity index (χ4v) is 2.27. The van der Waals surface area contributed by atoms with Crippen LogP contribution >= 0.6 is 11.6 Å². The summed E-state index contributed by atoms with van der Waals surface area (Å²) in [6.45, 7) is 4.22. The highest BCUT2D eigenvalue weighted by atomic mass is 35.5. The number of amides is 2. The smallest absolute Gasteiger partial charge is 0.254 e. The number of benzene rings is 1. The number of carbonyl (C=O) groups is 2. The molecular weight excluding hydrogens is 328 g/mol. The van der Waals surface area contributed by atoms with Gasteiger partial charge < -0.3 is 10.6 Å². The number of hydrogen-bond acceptors (Lipinski definition) is 3. The minimum absolute atomic E-state index is 0.0728. The number of nitrogens with zero attached hydrogens (tertiary/aromatic N) is 2. The Hall–Kier alpha value is -2.34. The predicted molar refractivity (Wildman–Crippen MR) is 93.4 cm³/mol. The van der Waals surface area contributed by atoms with E-state index in [1.807, 2.05) is 32.0 Å². The van der Waals surface area contributed by atoms with Crippen molar-refractivity contribution < 1.29 is 9.59 Å². The van der Waals surface area contributed by atoms with Crippen LogP contribution < -0.4 is 10.6 Å². The Morgan fingerprint density at radius 2 is 2.08 bits per heavy atom. The lowest BCUT2D eigenvalue weighted by Crippen LogP contribution is -2.35. The Kier molecular flexibility index (Phi) is 6.37. The van der Waals surface area contributed by atoms with Gasteiger partial charge in [0.05, 0.1) is 22.5 Å². The van der Waals surface area contributed by atoms with E-state index in [0.717, 1.165) is 6.42 Å². The minimum Gasteiger partial charge on any atom is -0.354 e. The van der Waals surface area contributed by atoms with E-state index in [1.165, 1.54) is 6.20 Å². The van der Waals surface area contributed by atoms with E-state index < -0.39 is 0 Å². The lowest BCUT2D eigenvalue weighted by Gasteiger charge is -2.11. The lowest BCUT2D eigenvalue weighted by molar-refractivity contribution is -0.121. The van der Waals surface area contributed by atoms with E-state index in [9.17, 15) is 9.59 Å². The van der Waals surface area contributed by atoms with Crippen molar-refractivity contribution in [2.24, 2.45) is 0 Å². The molecule has 1 aromatic carbocycles. The third kappa shape index (κ3) is 4.83. The van der Waals surface area contributed by atoms with E-state index in [4.69, 9.17) is 11.6 Å². The maximum Gasteiger partial charge on any atom is 0.254 e. The van der Waals surface area contributed by atoms with Crippen LogP contribution in [0.15, 0.2) is 36.7 Å². The summed E-state index contributed by atoms with van der Waals surface area (Å²) >= 11 is 6.11. The van der Waals surface area contributed by atoms with E-state index in [0.29, 0.717) is 16.3 Å². The Bertz CT molecular complexity index is 714. The lowest BCUT2D eigenvalue weighted by atomic mass is 10.2. The highest BCUT2D eigenvalue weighted by Gasteiger charge is 2.11. The van der Waals surface area contributed by atoms with E-state index in [-0.39, 0.29) is 30.8 Å². The highest BCUT2D eigenvalue weighted by molar-refractivity contribution is 6.32. The maximum atomic E-state index is 12.1. The summed E-state index contributed by atoms with van der Waals surface area (Å²) in [5, 5.41) is 10.3. The van der Waals surface area contributed by atoms with Crippen molar-refractivity contribution in [3.63, 3.8) is 0 Å². The van der Waals surface area contributed by atoms with Gasteiger partial charge in [-0.15, -0.1) is 0 Å². The quantitative estimate of drug-likeness (QED) is 0.807. The van der Waals surface area contributed by atoms with Crippen molar-refractivity contribution in [2.45, 2.75) is 32.7 Å². The third-order valence-electron chi connectivity index (χ3n) is 3.60. The number of nitrogens with one attached hydrogen (secondary N) is 2. The van der Waals surface area contributed by atoms with Gasteiger partial charge in [-0.1, -0.05) is 30.7 Å². The van der Waals surface area contributed by atoms with Gasteiger partial charge in [-0.3, -0.25) is 9.59 Å². The molecular formula is C17H21ClN4O2. The molecule has 0 fully saturated rings. The van der Waals surface area contributed by atoms with Crippen LogP contribution in [0.3, 0.4) is 0 Å². The number of para-hydroxylation sites is 1. The molecule has 0 saturated heterocycles. The van der Waals surface area contributed by atoms with Crippen LogP contribution in [0.4, 0.5) is 0 Å². The van der Waals surface area contributed by atoms with Crippen LogP contribution in [0.2, 0.25) is 5.02 Å². The van der Waals surface area contributed by atoms with Gasteiger partial charge in [-0.05, 0) is 25.5 Å². The Morgan fingerprint density at radius 1 is 1.33 bits per heavy atom. The molecule has 0 aliphatic heterocycles. The largest absolute Gasteiger partial charge is 0.354 e. The van der Waals surface area contributed by atoms with E-state index in [2.05, 4.69) is 15.7 Å².